The Morgan fingerprint density at radius 3 is 2.30 bits per heavy atom. The number of ether oxygens (including phenoxy) is 1. The lowest BCUT2D eigenvalue weighted by Crippen LogP contribution is -2.26. The van der Waals surface area contributed by atoms with E-state index in [0.29, 0.717) is 5.75 Å². The molecule has 23 heavy (non-hydrogen) atoms. The molecule has 1 N–H and O–H groups in total. The quantitative estimate of drug-likeness (QED) is 0.820. The van der Waals surface area contributed by atoms with Crippen molar-refractivity contribution in [1.82, 2.24) is 5.43 Å². The SMILES string of the molecule is Cc1cc(OCC(=O)NN=C2CCCCCCC2)cc(C)c1Cl. The highest BCUT2D eigenvalue weighted by molar-refractivity contribution is 6.32. The minimum absolute atomic E-state index is 0.0444. The van der Waals surface area contributed by atoms with Crippen molar-refractivity contribution in [3.05, 3.63) is 28.3 Å². The van der Waals surface area contributed by atoms with Crippen LogP contribution in [0.3, 0.4) is 0 Å². The first kappa shape index (κ1) is 17.8. The molecule has 2 rings (SSSR count). The fourth-order valence-electron chi connectivity index (χ4n) is 2.74. The standard InChI is InChI=1S/C18H25ClN2O2/c1-13-10-16(11-14(2)18(13)19)23-12-17(22)21-20-15-8-6-4-3-5-7-9-15/h10-11H,3-9,12H2,1-2H3,(H,21,22). The average Bonchev–Trinajstić information content (AvgIpc) is 2.49. The van der Waals surface area contributed by atoms with Crippen molar-refractivity contribution in [2.45, 2.75) is 58.8 Å². The Balaban J connectivity index is 1.82. The number of aryl methyl sites for hydroxylation is 2. The molecule has 0 spiro atoms. The normalized spacial score (nSPS) is 15.5. The van der Waals surface area contributed by atoms with Gasteiger partial charge in [0.2, 0.25) is 0 Å². The van der Waals surface area contributed by atoms with Crippen LogP contribution in [0.1, 0.15) is 56.1 Å². The maximum Gasteiger partial charge on any atom is 0.277 e. The van der Waals surface area contributed by atoms with E-state index in [0.717, 1.165) is 47.5 Å². The number of rotatable bonds is 4. The second-order valence-corrected chi connectivity index (χ2v) is 6.52. The molecular weight excluding hydrogens is 312 g/mol. The van der Waals surface area contributed by atoms with Gasteiger partial charge in [0.15, 0.2) is 6.61 Å². The molecule has 1 saturated carbocycles. The summed E-state index contributed by atoms with van der Waals surface area (Å²) in [6, 6.07) is 3.67. The number of hydrazone groups is 1. The predicted octanol–water partition coefficient (Wildman–Crippen LogP) is 4.55. The largest absolute Gasteiger partial charge is 0.484 e. The van der Waals surface area contributed by atoms with Gasteiger partial charge in [0.05, 0.1) is 0 Å². The summed E-state index contributed by atoms with van der Waals surface area (Å²) in [5, 5.41) is 5.00. The average molecular weight is 337 g/mol. The van der Waals surface area contributed by atoms with Gasteiger partial charge in [-0.05, 0) is 62.8 Å². The number of carbonyl (C=O) groups excluding carboxylic acids is 1. The fourth-order valence-corrected chi connectivity index (χ4v) is 2.85. The Morgan fingerprint density at radius 2 is 1.70 bits per heavy atom. The number of halogens is 1. The lowest BCUT2D eigenvalue weighted by atomic mass is 9.99. The lowest BCUT2D eigenvalue weighted by molar-refractivity contribution is -0.123. The highest BCUT2D eigenvalue weighted by Gasteiger charge is 2.08. The number of carbonyl (C=O) groups is 1. The lowest BCUT2D eigenvalue weighted by Gasteiger charge is -2.11. The smallest absolute Gasteiger partial charge is 0.277 e. The second-order valence-electron chi connectivity index (χ2n) is 6.14. The maximum atomic E-state index is 11.9. The Hall–Kier alpha value is -1.55. The molecule has 0 atom stereocenters. The molecule has 1 aliphatic rings. The van der Waals surface area contributed by atoms with Crippen LogP contribution in [0.25, 0.3) is 0 Å². The van der Waals surface area contributed by atoms with Gasteiger partial charge >= 0.3 is 0 Å². The van der Waals surface area contributed by atoms with Crippen LogP contribution in [0.4, 0.5) is 0 Å². The zero-order valence-electron chi connectivity index (χ0n) is 14.0. The van der Waals surface area contributed by atoms with Gasteiger partial charge in [-0.3, -0.25) is 4.79 Å². The summed E-state index contributed by atoms with van der Waals surface area (Å²) < 4.78 is 5.53. The van der Waals surface area contributed by atoms with Crippen LogP contribution >= 0.6 is 11.6 Å². The molecule has 0 aromatic heterocycles. The molecule has 0 aliphatic heterocycles. The third-order valence-electron chi connectivity index (χ3n) is 4.05. The van der Waals surface area contributed by atoms with Gasteiger partial charge in [0.25, 0.3) is 5.91 Å². The maximum absolute atomic E-state index is 11.9. The van der Waals surface area contributed by atoms with Crippen molar-refractivity contribution in [2.75, 3.05) is 6.61 Å². The highest BCUT2D eigenvalue weighted by atomic mass is 35.5. The van der Waals surface area contributed by atoms with Crippen molar-refractivity contribution in [3.63, 3.8) is 0 Å². The van der Waals surface area contributed by atoms with Crippen LogP contribution in [0.15, 0.2) is 17.2 Å². The predicted molar refractivity (Wildman–Crippen MR) is 94.3 cm³/mol. The van der Waals surface area contributed by atoms with Gasteiger partial charge in [0.1, 0.15) is 5.75 Å². The molecule has 1 aromatic carbocycles. The molecule has 126 valence electrons. The Morgan fingerprint density at radius 1 is 1.13 bits per heavy atom. The van der Waals surface area contributed by atoms with Crippen molar-refractivity contribution >= 4 is 23.2 Å². The number of benzene rings is 1. The molecule has 1 amide bonds. The Labute approximate surface area is 143 Å². The minimum Gasteiger partial charge on any atom is -0.484 e. The summed E-state index contributed by atoms with van der Waals surface area (Å²) in [6.07, 6.45) is 8.11. The zero-order valence-corrected chi connectivity index (χ0v) is 14.7. The number of nitrogens with zero attached hydrogens (tertiary/aromatic N) is 1. The molecule has 0 unspecified atom stereocenters. The summed E-state index contributed by atoms with van der Waals surface area (Å²) >= 11 is 6.12. The highest BCUT2D eigenvalue weighted by Crippen LogP contribution is 2.25. The van der Waals surface area contributed by atoms with Gasteiger partial charge in [0, 0.05) is 10.7 Å². The van der Waals surface area contributed by atoms with E-state index in [4.69, 9.17) is 16.3 Å². The zero-order chi connectivity index (χ0) is 16.7. The molecule has 1 aliphatic carbocycles. The number of hydrogen-bond acceptors (Lipinski definition) is 3. The van der Waals surface area contributed by atoms with Gasteiger partial charge in [-0.1, -0.05) is 30.9 Å². The summed E-state index contributed by atoms with van der Waals surface area (Å²) in [5.74, 6) is 0.419. The van der Waals surface area contributed by atoms with E-state index in [2.05, 4.69) is 10.5 Å². The number of nitrogens with one attached hydrogen (secondary N) is 1. The van der Waals surface area contributed by atoms with E-state index in [-0.39, 0.29) is 12.5 Å². The van der Waals surface area contributed by atoms with Crippen LogP contribution < -0.4 is 10.2 Å². The molecule has 1 fully saturated rings. The third-order valence-corrected chi connectivity index (χ3v) is 4.65. The molecule has 4 nitrogen and oxygen atoms in total. The van der Waals surface area contributed by atoms with Gasteiger partial charge in [-0.2, -0.15) is 5.10 Å². The summed E-state index contributed by atoms with van der Waals surface area (Å²) in [6.45, 7) is 3.79. The van der Waals surface area contributed by atoms with Gasteiger partial charge in [-0.25, -0.2) is 5.43 Å². The number of hydrogen-bond donors (Lipinski definition) is 1. The van der Waals surface area contributed by atoms with E-state index >= 15 is 0 Å². The van der Waals surface area contributed by atoms with E-state index in [9.17, 15) is 4.79 Å². The first-order valence-corrected chi connectivity index (χ1v) is 8.68. The fraction of sp³-hybridized carbons (Fsp3) is 0.556. The van der Waals surface area contributed by atoms with Crippen LogP contribution in [0, 0.1) is 13.8 Å². The molecule has 0 bridgehead atoms. The van der Waals surface area contributed by atoms with Gasteiger partial charge in [-0.15, -0.1) is 0 Å². The molecule has 0 saturated heterocycles. The monoisotopic (exact) mass is 336 g/mol. The van der Waals surface area contributed by atoms with Gasteiger partial charge < -0.3 is 4.74 Å². The van der Waals surface area contributed by atoms with E-state index in [1.54, 1.807) is 0 Å². The molecule has 1 aromatic rings. The van der Waals surface area contributed by atoms with Crippen molar-refractivity contribution in [3.8, 4) is 5.75 Å². The first-order chi connectivity index (χ1) is 11.1. The topological polar surface area (TPSA) is 50.7 Å². The Kier molecular flexibility index (Phi) is 6.90. The van der Waals surface area contributed by atoms with Crippen LogP contribution in [0.2, 0.25) is 5.02 Å². The summed E-state index contributed by atoms with van der Waals surface area (Å²) in [7, 11) is 0. The summed E-state index contributed by atoms with van der Waals surface area (Å²) in [5.41, 5.74) is 5.59. The molecular formula is C18H25ClN2O2. The Bertz CT molecular complexity index is 551. The molecule has 5 heteroatoms. The third kappa shape index (κ3) is 5.87. The number of amides is 1. The van der Waals surface area contributed by atoms with Crippen molar-refractivity contribution in [2.24, 2.45) is 5.10 Å². The van der Waals surface area contributed by atoms with E-state index < -0.39 is 0 Å². The minimum atomic E-state index is -0.232. The summed E-state index contributed by atoms with van der Waals surface area (Å²) in [4.78, 5) is 11.9. The van der Waals surface area contributed by atoms with Crippen molar-refractivity contribution in [1.29, 1.82) is 0 Å². The molecule has 0 radical (unpaired) electrons. The van der Waals surface area contributed by atoms with Crippen LogP contribution in [-0.2, 0) is 4.79 Å². The van der Waals surface area contributed by atoms with E-state index in [1.165, 1.54) is 19.3 Å². The van der Waals surface area contributed by atoms with Crippen LogP contribution in [-0.4, -0.2) is 18.2 Å². The van der Waals surface area contributed by atoms with Crippen molar-refractivity contribution < 1.29 is 9.53 Å². The molecule has 0 heterocycles. The van der Waals surface area contributed by atoms with Crippen LogP contribution in [0.5, 0.6) is 5.75 Å². The van der Waals surface area contributed by atoms with E-state index in [1.807, 2.05) is 26.0 Å². The second kappa shape index (κ2) is 8.92. The first-order valence-electron chi connectivity index (χ1n) is 8.30.